The monoisotopic (exact) mass is 186 g/mol. The molecule has 1 N–H and O–H groups in total. The Kier molecular flexibility index (Phi) is 3.46. The number of anilines is 1. The Morgan fingerprint density at radius 2 is 2.50 bits per heavy atom. The molecule has 1 rings (SSSR count). The summed E-state index contributed by atoms with van der Waals surface area (Å²) in [7, 11) is 0. The third-order valence-corrected chi connectivity index (χ3v) is 1.76. The molecule has 1 aromatic rings. The summed E-state index contributed by atoms with van der Waals surface area (Å²) in [4.78, 5) is 0. The number of nitrogens with zero attached hydrogens (tertiary/aromatic N) is 3. The molecule has 0 saturated carbocycles. The third-order valence-electron chi connectivity index (χ3n) is 1.76. The van der Waals surface area contributed by atoms with Crippen molar-refractivity contribution in [3.63, 3.8) is 0 Å². The van der Waals surface area contributed by atoms with Crippen LogP contribution < -0.4 is 5.32 Å². The van der Waals surface area contributed by atoms with Crippen LogP contribution in [-0.4, -0.2) is 16.2 Å². The summed E-state index contributed by atoms with van der Waals surface area (Å²) < 4.78 is 0. The van der Waals surface area contributed by atoms with Crippen molar-refractivity contribution in [1.82, 2.24) is 10.2 Å². The molecule has 1 unspecified atom stereocenters. The Morgan fingerprint density at radius 1 is 1.71 bits per heavy atom. The van der Waals surface area contributed by atoms with Crippen molar-refractivity contribution in [3.05, 3.63) is 17.8 Å². The maximum absolute atomic E-state index is 8.77. The molecular formula is C10H10N4. The zero-order chi connectivity index (χ0) is 10.4. The van der Waals surface area contributed by atoms with E-state index >= 15 is 0 Å². The predicted octanol–water partition coefficient (Wildman–Crippen LogP) is 1.17. The maximum atomic E-state index is 8.77. The highest BCUT2D eigenvalue weighted by atomic mass is 15.2. The van der Waals surface area contributed by atoms with Crippen LogP contribution >= 0.6 is 0 Å². The number of rotatable bonds is 3. The summed E-state index contributed by atoms with van der Waals surface area (Å²) in [6, 6.07) is 3.50. The van der Waals surface area contributed by atoms with Crippen molar-refractivity contribution in [2.45, 2.75) is 19.4 Å². The quantitative estimate of drug-likeness (QED) is 0.720. The van der Waals surface area contributed by atoms with E-state index in [1.54, 1.807) is 6.07 Å². The number of hydrogen-bond acceptors (Lipinski definition) is 4. The van der Waals surface area contributed by atoms with Crippen LogP contribution in [0.1, 0.15) is 18.9 Å². The van der Waals surface area contributed by atoms with Gasteiger partial charge in [0.1, 0.15) is 6.07 Å². The van der Waals surface area contributed by atoms with Gasteiger partial charge in [0.15, 0.2) is 5.82 Å². The van der Waals surface area contributed by atoms with E-state index in [9.17, 15) is 0 Å². The van der Waals surface area contributed by atoms with Gasteiger partial charge < -0.3 is 5.32 Å². The van der Waals surface area contributed by atoms with Gasteiger partial charge in [0.2, 0.25) is 0 Å². The summed E-state index contributed by atoms with van der Waals surface area (Å²) in [6.45, 7) is 1.96. The van der Waals surface area contributed by atoms with E-state index in [-0.39, 0.29) is 6.04 Å². The lowest BCUT2D eigenvalue weighted by molar-refractivity contribution is 0.840. The van der Waals surface area contributed by atoms with Crippen LogP contribution in [0, 0.1) is 23.7 Å². The highest BCUT2D eigenvalue weighted by Crippen LogP contribution is 2.10. The molecule has 1 heterocycles. The van der Waals surface area contributed by atoms with Crippen molar-refractivity contribution in [2.24, 2.45) is 0 Å². The van der Waals surface area contributed by atoms with Gasteiger partial charge in [-0.15, -0.1) is 11.5 Å². The fourth-order valence-electron chi connectivity index (χ4n) is 0.955. The van der Waals surface area contributed by atoms with Crippen LogP contribution in [0.4, 0.5) is 5.82 Å². The Bertz CT molecular complexity index is 386. The second-order valence-electron chi connectivity index (χ2n) is 2.68. The van der Waals surface area contributed by atoms with Gasteiger partial charge in [0, 0.05) is 0 Å². The normalized spacial score (nSPS) is 11.1. The van der Waals surface area contributed by atoms with E-state index in [0.29, 0.717) is 11.4 Å². The van der Waals surface area contributed by atoms with Crippen LogP contribution in [0.2, 0.25) is 0 Å². The molecule has 0 bridgehead atoms. The number of aromatic nitrogens is 2. The molecule has 0 radical (unpaired) electrons. The summed E-state index contributed by atoms with van der Waals surface area (Å²) in [5.41, 5.74) is 0.453. The van der Waals surface area contributed by atoms with Crippen LogP contribution in [0.3, 0.4) is 0 Å². The Labute approximate surface area is 83.0 Å². The van der Waals surface area contributed by atoms with Crippen molar-refractivity contribution >= 4 is 5.82 Å². The zero-order valence-corrected chi connectivity index (χ0v) is 7.86. The largest absolute Gasteiger partial charge is 0.354 e. The molecule has 0 fully saturated rings. The van der Waals surface area contributed by atoms with Crippen LogP contribution in [0.25, 0.3) is 0 Å². The third kappa shape index (κ3) is 2.21. The van der Waals surface area contributed by atoms with E-state index < -0.39 is 0 Å². The van der Waals surface area contributed by atoms with Gasteiger partial charge in [-0.1, -0.05) is 12.8 Å². The van der Waals surface area contributed by atoms with E-state index in [4.69, 9.17) is 11.7 Å². The number of nitrogens with one attached hydrogen (secondary N) is 1. The molecule has 0 aliphatic rings. The minimum absolute atomic E-state index is 0.112. The summed E-state index contributed by atoms with van der Waals surface area (Å²) in [5.74, 6) is 3.01. The Morgan fingerprint density at radius 3 is 3.07 bits per heavy atom. The standard InChI is InChI=1S/C10H10N4/c1-3-9(4-2)13-10-8(7-11)5-6-12-14-10/h1,5-6,9H,4H2,2H3,(H,13,14). The molecule has 70 valence electrons. The minimum Gasteiger partial charge on any atom is -0.354 e. The van der Waals surface area contributed by atoms with Crippen LogP contribution in [0.5, 0.6) is 0 Å². The van der Waals surface area contributed by atoms with Crippen molar-refractivity contribution in [2.75, 3.05) is 5.32 Å². The Balaban J connectivity index is 2.87. The first-order chi connectivity index (χ1) is 6.81. The molecule has 14 heavy (non-hydrogen) atoms. The van der Waals surface area contributed by atoms with Gasteiger partial charge >= 0.3 is 0 Å². The van der Waals surface area contributed by atoms with E-state index in [1.165, 1.54) is 6.20 Å². The SMILES string of the molecule is C#CC(CC)Nc1nnccc1C#N. The predicted molar refractivity (Wildman–Crippen MR) is 53.3 cm³/mol. The molecule has 0 aromatic carbocycles. The first-order valence-corrected chi connectivity index (χ1v) is 4.26. The Hall–Kier alpha value is -2.07. The lowest BCUT2D eigenvalue weighted by Crippen LogP contribution is -2.17. The highest BCUT2D eigenvalue weighted by Gasteiger charge is 2.07. The molecule has 4 nitrogen and oxygen atoms in total. The van der Waals surface area contributed by atoms with E-state index in [0.717, 1.165) is 6.42 Å². The first kappa shape index (κ1) is 10.0. The average molecular weight is 186 g/mol. The van der Waals surface area contributed by atoms with E-state index in [1.807, 2.05) is 13.0 Å². The first-order valence-electron chi connectivity index (χ1n) is 4.26. The van der Waals surface area contributed by atoms with Crippen molar-refractivity contribution < 1.29 is 0 Å². The summed E-state index contributed by atoms with van der Waals surface area (Å²) in [5, 5.41) is 19.2. The van der Waals surface area contributed by atoms with Gasteiger partial charge in [-0.05, 0) is 12.5 Å². The summed E-state index contributed by atoms with van der Waals surface area (Å²) in [6.07, 6.45) is 7.53. The van der Waals surface area contributed by atoms with Crippen LogP contribution in [-0.2, 0) is 0 Å². The highest BCUT2D eigenvalue weighted by molar-refractivity contribution is 5.51. The molecule has 0 amide bonds. The zero-order valence-electron chi connectivity index (χ0n) is 7.86. The number of hydrogen-bond donors (Lipinski definition) is 1. The fourth-order valence-corrected chi connectivity index (χ4v) is 0.955. The molecule has 0 aliphatic heterocycles. The van der Waals surface area contributed by atoms with Crippen LogP contribution in [0.15, 0.2) is 12.3 Å². The molecule has 0 spiro atoms. The lowest BCUT2D eigenvalue weighted by Gasteiger charge is -2.10. The maximum Gasteiger partial charge on any atom is 0.167 e. The molecule has 0 aliphatic carbocycles. The molecule has 4 heteroatoms. The molecular weight excluding hydrogens is 176 g/mol. The van der Waals surface area contributed by atoms with Gasteiger partial charge in [-0.3, -0.25) is 0 Å². The second kappa shape index (κ2) is 4.84. The van der Waals surface area contributed by atoms with Gasteiger partial charge in [-0.25, -0.2) is 0 Å². The van der Waals surface area contributed by atoms with Gasteiger partial charge in [0.25, 0.3) is 0 Å². The number of terminal acetylenes is 1. The molecule has 1 aromatic heterocycles. The summed E-state index contributed by atoms with van der Waals surface area (Å²) >= 11 is 0. The fraction of sp³-hybridized carbons (Fsp3) is 0.300. The van der Waals surface area contributed by atoms with Crippen molar-refractivity contribution in [1.29, 1.82) is 5.26 Å². The average Bonchev–Trinajstić information content (AvgIpc) is 2.26. The minimum atomic E-state index is -0.112. The topological polar surface area (TPSA) is 61.6 Å². The van der Waals surface area contributed by atoms with E-state index in [2.05, 4.69) is 21.4 Å². The second-order valence-corrected chi connectivity index (χ2v) is 2.68. The van der Waals surface area contributed by atoms with Crippen molar-refractivity contribution in [3.8, 4) is 18.4 Å². The van der Waals surface area contributed by atoms with Gasteiger partial charge in [-0.2, -0.15) is 10.4 Å². The number of nitriles is 1. The lowest BCUT2D eigenvalue weighted by atomic mass is 10.2. The molecule has 0 saturated heterocycles. The smallest absolute Gasteiger partial charge is 0.167 e. The van der Waals surface area contributed by atoms with Gasteiger partial charge in [0.05, 0.1) is 17.8 Å². The molecule has 1 atom stereocenters.